The quantitative estimate of drug-likeness (QED) is 0.745. The number of hydrogen-bond donors (Lipinski definition) is 1. The zero-order valence-electron chi connectivity index (χ0n) is 13.2. The van der Waals surface area contributed by atoms with Crippen molar-refractivity contribution < 1.29 is 14.3 Å². The molecule has 0 aliphatic heterocycles. The minimum Gasteiger partial charge on any atom is -0.462 e. The molecule has 0 bridgehead atoms. The highest BCUT2D eigenvalue weighted by atomic mass is 16.5. The molecular weight excluding hydrogens is 304 g/mol. The van der Waals surface area contributed by atoms with Crippen LogP contribution in [-0.2, 0) is 4.74 Å². The number of hydrogen-bond acceptors (Lipinski definition) is 4. The molecule has 0 spiro atoms. The summed E-state index contributed by atoms with van der Waals surface area (Å²) in [5, 5.41) is 3.59. The Morgan fingerprint density at radius 2 is 1.92 bits per heavy atom. The Hall–Kier alpha value is -3.21. The van der Waals surface area contributed by atoms with E-state index in [9.17, 15) is 9.59 Å². The fraction of sp³-hybridized carbons (Fsp3) is 0.105. The van der Waals surface area contributed by atoms with Crippen LogP contribution in [0.2, 0.25) is 0 Å². The predicted octanol–water partition coefficient (Wildman–Crippen LogP) is 3.66. The zero-order chi connectivity index (χ0) is 16.9. The molecule has 3 rings (SSSR count). The van der Waals surface area contributed by atoms with Crippen LogP contribution in [0.3, 0.4) is 0 Å². The van der Waals surface area contributed by atoms with Crippen LogP contribution in [0, 0.1) is 0 Å². The van der Waals surface area contributed by atoms with Crippen LogP contribution >= 0.6 is 0 Å². The summed E-state index contributed by atoms with van der Waals surface area (Å²) >= 11 is 0. The first kappa shape index (κ1) is 15.7. The SMILES string of the molecule is CCOC(=O)c1cccc(NC(=O)c2ccnc3ccccc23)c1. The number of ether oxygens (including phenoxy) is 1. The molecule has 0 saturated carbocycles. The summed E-state index contributed by atoms with van der Waals surface area (Å²) in [5.41, 5.74) is 2.22. The van der Waals surface area contributed by atoms with Crippen molar-refractivity contribution >= 4 is 28.5 Å². The lowest BCUT2D eigenvalue weighted by atomic mass is 10.1. The number of benzene rings is 2. The molecule has 24 heavy (non-hydrogen) atoms. The summed E-state index contributed by atoms with van der Waals surface area (Å²) < 4.78 is 4.97. The van der Waals surface area contributed by atoms with Crippen molar-refractivity contribution in [1.29, 1.82) is 0 Å². The largest absolute Gasteiger partial charge is 0.462 e. The number of rotatable bonds is 4. The van der Waals surface area contributed by atoms with E-state index in [0.717, 1.165) is 10.9 Å². The van der Waals surface area contributed by atoms with Gasteiger partial charge in [0, 0.05) is 17.3 Å². The second kappa shape index (κ2) is 6.91. The van der Waals surface area contributed by atoms with Gasteiger partial charge in [0.2, 0.25) is 0 Å². The maximum Gasteiger partial charge on any atom is 0.338 e. The first-order chi connectivity index (χ1) is 11.7. The topological polar surface area (TPSA) is 68.3 Å². The molecule has 0 aliphatic carbocycles. The summed E-state index contributed by atoms with van der Waals surface area (Å²) in [6.07, 6.45) is 1.60. The van der Waals surface area contributed by atoms with Gasteiger partial charge in [0.05, 0.1) is 23.3 Å². The van der Waals surface area contributed by atoms with E-state index >= 15 is 0 Å². The van der Waals surface area contributed by atoms with Gasteiger partial charge in [-0.1, -0.05) is 24.3 Å². The first-order valence-electron chi connectivity index (χ1n) is 7.61. The minimum atomic E-state index is -0.414. The molecule has 0 radical (unpaired) electrons. The van der Waals surface area contributed by atoms with E-state index in [-0.39, 0.29) is 5.91 Å². The Balaban J connectivity index is 1.87. The molecule has 1 aromatic heterocycles. The fourth-order valence-electron chi connectivity index (χ4n) is 2.43. The molecule has 0 aliphatic rings. The number of carbonyl (C=O) groups excluding carboxylic acids is 2. The van der Waals surface area contributed by atoms with Gasteiger partial charge in [0.15, 0.2) is 0 Å². The van der Waals surface area contributed by atoms with Crippen LogP contribution in [0.5, 0.6) is 0 Å². The maximum atomic E-state index is 12.6. The van der Waals surface area contributed by atoms with Crippen molar-refractivity contribution in [3.05, 3.63) is 71.9 Å². The average molecular weight is 320 g/mol. The zero-order valence-corrected chi connectivity index (χ0v) is 13.2. The average Bonchev–Trinajstić information content (AvgIpc) is 2.61. The lowest BCUT2D eigenvalue weighted by Gasteiger charge is -2.09. The minimum absolute atomic E-state index is 0.255. The van der Waals surface area contributed by atoms with E-state index in [1.165, 1.54) is 0 Å². The first-order valence-corrected chi connectivity index (χ1v) is 7.61. The summed E-state index contributed by atoms with van der Waals surface area (Å²) in [4.78, 5) is 28.6. The van der Waals surface area contributed by atoms with E-state index in [4.69, 9.17) is 4.74 Å². The number of anilines is 1. The molecule has 5 heteroatoms. The summed E-state index contributed by atoms with van der Waals surface area (Å²) in [6, 6.07) is 15.8. The summed E-state index contributed by atoms with van der Waals surface area (Å²) in [6.45, 7) is 2.05. The second-order valence-corrected chi connectivity index (χ2v) is 5.13. The molecule has 2 aromatic carbocycles. The molecule has 0 saturated heterocycles. The monoisotopic (exact) mass is 320 g/mol. The van der Waals surface area contributed by atoms with Crippen molar-refractivity contribution in [3.8, 4) is 0 Å². The Labute approximate surface area is 139 Å². The van der Waals surface area contributed by atoms with Gasteiger partial charge in [-0.3, -0.25) is 9.78 Å². The van der Waals surface area contributed by atoms with Crippen LogP contribution in [0.4, 0.5) is 5.69 Å². The lowest BCUT2D eigenvalue weighted by Crippen LogP contribution is -2.13. The molecule has 1 N–H and O–H groups in total. The fourth-order valence-corrected chi connectivity index (χ4v) is 2.43. The van der Waals surface area contributed by atoms with Gasteiger partial charge in [-0.05, 0) is 37.3 Å². The highest BCUT2D eigenvalue weighted by molar-refractivity contribution is 6.12. The van der Waals surface area contributed by atoms with E-state index in [0.29, 0.717) is 23.4 Å². The molecule has 1 amide bonds. The van der Waals surface area contributed by atoms with E-state index in [2.05, 4.69) is 10.3 Å². The molecular formula is C19H16N2O3. The van der Waals surface area contributed by atoms with Gasteiger partial charge in [-0.25, -0.2) is 4.79 Å². The third-order valence-electron chi connectivity index (χ3n) is 3.53. The van der Waals surface area contributed by atoms with E-state index < -0.39 is 5.97 Å². The number of nitrogens with one attached hydrogen (secondary N) is 1. The van der Waals surface area contributed by atoms with Crippen LogP contribution in [-0.4, -0.2) is 23.5 Å². The molecule has 0 fully saturated rings. The smallest absolute Gasteiger partial charge is 0.338 e. The molecule has 1 heterocycles. The Bertz CT molecular complexity index is 901. The molecule has 0 unspecified atom stereocenters. The molecule has 3 aromatic rings. The normalized spacial score (nSPS) is 10.4. The van der Waals surface area contributed by atoms with E-state index in [1.54, 1.807) is 43.5 Å². The van der Waals surface area contributed by atoms with Crippen LogP contribution < -0.4 is 5.32 Å². The van der Waals surface area contributed by atoms with Crippen molar-refractivity contribution in [3.63, 3.8) is 0 Å². The Morgan fingerprint density at radius 3 is 2.75 bits per heavy atom. The standard InChI is InChI=1S/C19H16N2O3/c1-2-24-19(23)13-6-5-7-14(12-13)21-18(22)16-10-11-20-17-9-4-3-8-15(16)17/h3-12H,2H2,1H3,(H,21,22). The number of aromatic nitrogens is 1. The molecule has 5 nitrogen and oxygen atoms in total. The number of nitrogens with zero attached hydrogens (tertiary/aromatic N) is 1. The Morgan fingerprint density at radius 1 is 1.08 bits per heavy atom. The van der Waals surface area contributed by atoms with Crippen LogP contribution in [0.15, 0.2) is 60.8 Å². The number of carbonyl (C=O) groups is 2. The van der Waals surface area contributed by atoms with Crippen LogP contribution in [0.25, 0.3) is 10.9 Å². The highest BCUT2D eigenvalue weighted by Gasteiger charge is 2.12. The van der Waals surface area contributed by atoms with Gasteiger partial charge in [-0.2, -0.15) is 0 Å². The summed E-state index contributed by atoms with van der Waals surface area (Å²) in [5.74, 6) is -0.669. The van der Waals surface area contributed by atoms with Gasteiger partial charge in [0.1, 0.15) is 0 Å². The van der Waals surface area contributed by atoms with Gasteiger partial charge >= 0.3 is 5.97 Å². The summed E-state index contributed by atoms with van der Waals surface area (Å²) in [7, 11) is 0. The third kappa shape index (κ3) is 3.25. The van der Waals surface area contributed by atoms with Crippen molar-refractivity contribution in [2.24, 2.45) is 0 Å². The number of amides is 1. The van der Waals surface area contributed by atoms with Crippen molar-refractivity contribution in [2.45, 2.75) is 6.92 Å². The van der Waals surface area contributed by atoms with Crippen molar-refractivity contribution in [1.82, 2.24) is 4.98 Å². The predicted molar refractivity (Wildman–Crippen MR) is 92.1 cm³/mol. The van der Waals surface area contributed by atoms with Crippen molar-refractivity contribution in [2.75, 3.05) is 11.9 Å². The lowest BCUT2D eigenvalue weighted by molar-refractivity contribution is 0.0526. The Kier molecular flexibility index (Phi) is 4.52. The number of para-hydroxylation sites is 1. The van der Waals surface area contributed by atoms with Gasteiger partial charge in [-0.15, -0.1) is 0 Å². The number of fused-ring (bicyclic) bond motifs is 1. The second-order valence-electron chi connectivity index (χ2n) is 5.13. The van der Waals surface area contributed by atoms with E-state index in [1.807, 2.05) is 24.3 Å². The molecule has 0 atom stereocenters. The van der Waals surface area contributed by atoms with Crippen LogP contribution in [0.1, 0.15) is 27.6 Å². The van der Waals surface area contributed by atoms with Gasteiger partial charge in [0.25, 0.3) is 5.91 Å². The number of pyridine rings is 1. The number of esters is 1. The highest BCUT2D eigenvalue weighted by Crippen LogP contribution is 2.18. The maximum absolute atomic E-state index is 12.6. The third-order valence-corrected chi connectivity index (χ3v) is 3.53. The molecule has 120 valence electrons. The van der Waals surface area contributed by atoms with Gasteiger partial charge < -0.3 is 10.1 Å².